The fraction of sp³-hybridized carbons (Fsp3) is 0.529. The SMILES string of the molecule is CCOc1ncccc1C(=O)N1CCC(c2nncn2CC)CC1. The average Bonchev–Trinajstić information content (AvgIpc) is 3.11. The summed E-state index contributed by atoms with van der Waals surface area (Å²) in [5.74, 6) is 1.79. The summed E-state index contributed by atoms with van der Waals surface area (Å²) in [6.45, 7) is 6.75. The van der Waals surface area contributed by atoms with Crippen molar-refractivity contribution in [3.05, 3.63) is 36.0 Å². The standard InChI is InChI=1S/C17H23N5O2/c1-3-21-12-19-20-15(21)13-7-10-22(11-8-13)17(23)14-6-5-9-18-16(14)24-4-2/h5-6,9,12-13H,3-4,7-8,10-11H2,1-2H3. The number of aryl methyl sites for hydroxylation is 1. The van der Waals surface area contributed by atoms with Crippen molar-refractivity contribution in [2.24, 2.45) is 0 Å². The van der Waals surface area contributed by atoms with E-state index in [9.17, 15) is 4.79 Å². The van der Waals surface area contributed by atoms with Crippen molar-refractivity contribution in [1.29, 1.82) is 0 Å². The monoisotopic (exact) mass is 329 g/mol. The highest BCUT2D eigenvalue weighted by molar-refractivity contribution is 5.96. The molecular weight excluding hydrogens is 306 g/mol. The molecule has 0 aliphatic carbocycles. The molecule has 3 heterocycles. The Morgan fingerprint density at radius 2 is 2.12 bits per heavy atom. The number of piperidine rings is 1. The van der Waals surface area contributed by atoms with Gasteiger partial charge in [0.15, 0.2) is 0 Å². The van der Waals surface area contributed by atoms with Crippen molar-refractivity contribution >= 4 is 5.91 Å². The molecule has 2 aromatic heterocycles. The molecule has 3 rings (SSSR count). The number of nitrogens with zero attached hydrogens (tertiary/aromatic N) is 5. The Morgan fingerprint density at radius 1 is 1.33 bits per heavy atom. The van der Waals surface area contributed by atoms with Crippen LogP contribution in [0.1, 0.15) is 48.8 Å². The molecule has 0 unspecified atom stereocenters. The number of rotatable bonds is 5. The highest BCUT2D eigenvalue weighted by Crippen LogP contribution is 2.28. The summed E-state index contributed by atoms with van der Waals surface area (Å²) in [5.41, 5.74) is 0.537. The zero-order chi connectivity index (χ0) is 16.9. The second-order valence-electron chi connectivity index (χ2n) is 5.83. The van der Waals surface area contributed by atoms with E-state index >= 15 is 0 Å². The van der Waals surface area contributed by atoms with Crippen molar-refractivity contribution in [1.82, 2.24) is 24.6 Å². The number of hydrogen-bond donors (Lipinski definition) is 0. The Kier molecular flexibility index (Phi) is 5.08. The largest absolute Gasteiger partial charge is 0.477 e. The van der Waals surface area contributed by atoms with Crippen LogP contribution in [0.2, 0.25) is 0 Å². The lowest BCUT2D eigenvalue weighted by Crippen LogP contribution is -2.38. The average molecular weight is 329 g/mol. The second-order valence-corrected chi connectivity index (χ2v) is 5.83. The number of ether oxygens (including phenoxy) is 1. The van der Waals surface area contributed by atoms with Crippen LogP contribution < -0.4 is 4.74 Å². The van der Waals surface area contributed by atoms with Crippen LogP contribution in [0, 0.1) is 0 Å². The van der Waals surface area contributed by atoms with Crippen LogP contribution in [0.4, 0.5) is 0 Å². The van der Waals surface area contributed by atoms with E-state index in [4.69, 9.17) is 4.74 Å². The predicted octanol–water partition coefficient (Wildman–Crippen LogP) is 2.11. The van der Waals surface area contributed by atoms with Crippen molar-refractivity contribution in [3.63, 3.8) is 0 Å². The van der Waals surface area contributed by atoms with Crippen LogP contribution in [-0.2, 0) is 6.54 Å². The van der Waals surface area contributed by atoms with Gasteiger partial charge in [0.25, 0.3) is 5.91 Å². The van der Waals surface area contributed by atoms with Crippen LogP contribution in [0.25, 0.3) is 0 Å². The lowest BCUT2D eigenvalue weighted by Gasteiger charge is -2.31. The summed E-state index contributed by atoms with van der Waals surface area (Å²) < 4.78 is 7.56. The van der Waals surface area contributed by atoms with E-state index in [0.29, 0.717) is 37.1 Å². The predicted molar refractivity (Wildman–Crippen MR) is 89.0 cm³/mol. The molecule has 128 valence electrons. The first kappa shape index (κ1) is 16.4. The molecule has 1 fully saturated rings. The van der Waals surface area contributed by atoms with E-state index in [1.165, 1.54) is 0 Å². The Hall–Kier alpha value is -2.44. The van der Waals surface area contributed by atoms with Gasteiger partial charge in [-0.2, -0.15) is 0 Å². The minimum absolute atomic E-state index is 0.0121. The highest BCUT2D eigenvalue weighted by Gasteiger charge is 2.28. The minimum atomic E-state index is -0.0121. The maximum atomic E-state index is 12.8. The molecule has 24 heavy (non-hydrogen) atoms. The number of amides is 1. The maximum absolute atomic E-state index is 12.8. The minimum Gasteiger partial charge on any atom is -0.477 e. The quantitative estimate of drug-likeness (QED) is 0.840. The molecule has 1 saturated heterocycles. The Bertz CT molecular complexity index is 692. The van der Waals surface area contributed by atoms with Gasteiger partial charge in [-0.25, -0.2) is 4.98 Å². The summed E-state index contributed by atoms with van der Waals surface area (Å²) in [5, 5.41) is 8.27. The van der Waals surface area contributed by atoms with Gasteiger partial charge in [-0.3, -0.25) is 4.79 Å². The molecule has 0 bridgehead atoms. The van der Waals surface area contributed by atoms with E-state index in [2.05, 4.69) is 26.7 Å². The molecule has 7 nitrogen and oxygen atoms in total. The first-order valence-corrected chi connectivity index (χ1v) is 8.49. The fourth-order valence-electron chi connectivity index (χ4n) is 3.14. The van der Waals surface area contributed by atoms with Gasteiger partial charge in [0.05, 0.1) is 6.61 Å². The summed E-state index contributed by atoms with van der Waals surface area (Å²) in [7, 11) is 0. The van der Waals surface area contributed by atoms with Crippen molar-refractivity contribution in [2.45, 2.75) is 39.2 Å². The van der Waals surface area contributed by atoms with Gasteiger partial charge in [-0.15, -0.1) is 10.2 Å². The molecule has 2 aromatic rings. The van der Waals surface area contributed by atoms with Crippen LogP contribution >= 0.6 is 0 Å². The van der Waals surface area contributed by atoms with Gasteiger partial charge >= 0.3 is 0 Å². The van der Waals surface area contributed by atoms with E-state index in [0.717, 1.165) is 25.2 Å². The third kappa shape index (κ3) is 3.25. The van der Waals surface area contributed by atoms with Gasteiger partial charge < -0.3 is 14.2 Å². The molecule has 1 aliphatic heterocycles. The molecule has 0 N–H and O–H groups in total. The van der Waals surface area contributed by atoms with Gasteiger partial charge in [-0.05, 0) is 38.8 Å². The Balaban J connectivity index is 1.67. The van der Waals surface area contributed by atoms with Crippen LogP contribution in [0.15, 0.2) is 24.7 Å². The number of aromatic nitrogens is 4. The van der Waals surface area contributed by atoms with E-state index in [1.54, 1.807) is 24.7 Å². The molecule has 0 aromatic carbocycles. The number of likely N-dealkylation sites (tertiary alicyclic amines) is 1. The fourth-order valence-corrected chi connectivity index (χ4v) is 3.14. The second kappa shape index (κ2) is 7.42. The molecule has 0 saturated carbocycles. The van der Waals surface area contributed by atoms with Gasteiger partial charge in [-0.1, -0.05) is 0 Å². The third-order valence-electron chi connectivity index (χ3n) is 4.42. The first-order valence-electron chi connectivity index (χ1n) is 8.49. The van der Waals surface area contributed by atoms with Crippen LogP contribution in [0.3, 0.4) is 0 Å². The summed E-state index contributed by atoms with van der Waals surface area (Å²) >= 11 is 0. The summed E-state index contributed by atoms with van der Waals surface area (Å²) in [6.07, 6.45) is 5.21. The summed E-state index contributed by atoms with van der Waals surface area (Å²) in [4.78, 5) is 18.8. The topological polar surface area (TPSA) is 73.1 Å². The van der Waals surface area contributed by atoms with Gasteiger partial charge in [0.2, 0.25) is 5.88 Å². The molecule has 0 radical (unpaired) electrons. The Morgan fingerprint density at radius 3 is 2.83 bits per heavy atom. The van der Waals surface area contributed by atoms with E-state index in [-0.39, 0.29) is 5.91 Å². The molecule has 0 spiro atoms. The molecule has 7 heteroatoms. The zero-order valence-electron chi connectivity index (χ0n) is 14.2. The zero-order valence-corrected chi connectivity index (χ0v) is 14.2. The molecule has 1 aliphatic rings. The molecule has 0 atom stereocenters. The third-order valence-corrected chi connectivity index (χ3v) is 4.42. The van der Waals surface area contributed by atoms with Gasteiger partial charge in [0.1, 0.15) is 17.7 Å². The van der Waals surface area contributed by atoms with E-state index < -0.39 is 0 Å². The smallest absolute Gasteiger partial charge is 0.259 e. The van der Waals surface area contributed by atoms with Crippen LogP contribution in [0.5, 0.6) is 5.88 Å². The maximum Gasteiger partial charge on any atom is 0.259 e. The number of hydrogen-bond acceptors (Lipinski definition) is 5. The number of pyridine rings is 1. The van der Waals surface area contributed by atoms with Gasteiger partial charge in [0, 0.05) is 31.7 Å². The normalized spacial score (nSPS) is 15.5. The van der Waals surface area contributed by atoms with E-state index in [1.807, 2.05) is 11.8 Å². The van der Waals surface area contributed by atoms with Crippen molar-refractivity contribution in [3.8, 4) is 5.88 Å². The van der Waals surface area contributed by atoms with Crippen molar-refractivity contribution < 1.29 is 9.53 Å². The lowest BCUT2D eigenvalue weighted by molar-refractivity contribution is 0.0705. The van der Waals surface area contributed by atoms with Crippen LogP contribution in [-0.4, -0.2) is 50.3 Å². The first-order chi connectivity index (χ1) is 11.7. The Labute approximate surface area is 141 Å². The molecule has 1 amide bonds. The lowest BCUT2D eigenvalue weighted by atomic mass is 9.95. The summed E-state index contributed by atoms with van der Waals surface area (Å²) in [6, 6.07) is 3.55. The van der Waals surface area contributed by atoms with Crippen molar-refractivity contribution in [2.75, 3.05) is 19.7 Å². The highest BCUT2D eigenvalue weighted by atomic mass is 16.5. The molecular formula is C17H23N5O2. The number of carbonyl (C=O) groups is 1. The number of carbonyl (C=O) groups excluding carboxylic acids is 1.